The van der Waals surface area contributed by atoms with Gasteiger partial charge in [-0.25, -0.2) is 9.97 Å². The average molecular weight is 183 g/mol. The summed E-state index contributed by atoms with van der Waals surface area (Å²) in [6.45, 7) is 4.68. The number of nitrogens with two attached hydrogens (primary N) is 1. The van der Waals surface area contributed by atoms with E-state index in [1.165, 1.54) is 0 Å². The second kappa shape index (κ2) is 4.42. The van der Waals surface area contributed by atoms with Gasteiger partial charge in [-0.3, -0.25) is 0 Å². The van der Waals surface area contributed by atoms with Gasteiger partial charge in [0.2, 0.25) is 0 Å². The van der Waals surface area contributed by atoms with Crippen LogP contribution in [0.15, 0.2) is 17.3 Å². The molecule has 12 heavy (non-hydrogen) atoms. The summed E-state index contributed by atoms with van der Waals surface area (Å²) >= 11 is 1.72. The third kappa shape index (κ3) is 2.79. The Labute approximate surface area is 76.8 Å². The van der Waals surface area contributed by atoms with Crippen LogP contribution in [-0.4, -0.2) is 15.2 Å². The maximum atomic E-state index is 5.42. The van der Waals surface area contributed by atoms with E-state index < -0.39 is 0 Å². The molecule has 3 nitrogen and oxygen atoms in total. The molecule has 66 valence electrons. The van der Waals surface area contributed by atoms with Gasteiger partial charge < -0.3 is 5.73 Å². The zero-order valence-corrected chi connectivity index (χ0v) is 8.14. The van der Waals surface area contributed by atoms with Gasteiger partial charge in [0.15, 0.2) is 0 Å². The summed E-state index contributed by atoms with van der Waals surface area (Å²) in [4.78, 5) is 8.27. The summed E-state index contributed by atoms with van der Waals surface area (Å²) in [5, 5.41) is 1.55. The molecular formula is C8H13N3S. The third-order valence-electron chi connectivity index (χ3n) is 1.22. The van der Waals surface area contributed by atoms with E-state index in [2.05, 4.69) is 23.8 Å². The van der Waals surface area contributed by atoms with Crippen LogP contribution in [-0.2, 0) is 6.54 Å². The van der Waals surface area contributed by atoms with Crippen LogP contribution in [0.25, 0.3) is 0 Å². The van der Waals surface area contributed by atoms with Crippen molar-refractivity contribution in [3.8, 4) is 0 Å². The van der Waals surface area contributed by atoms with Crippen LogP contribution >= 0.6 is 11.8 Å². The molecule has 1 aromatic rings. The van der Waals surface area contributed by atoms with E-state index in [1.54, 1.807) is 18.0 Å². The van der Waals surface area contributed by atoms with Crippen molar-refractivity contribution in [2.24, 2.45) is 5.73 Å². The highest BCUT2D eigenvalue weighted by atomic mass is 32.2. The van der Waals surface area contributed by atoms with Gasteiger partial charge in [-0.2, -0.15) is 0 Å². The van der Waals surface area contributed by atoms with Crippen molar-refractivity contribution < 1.29 is 0 Å². The van der Waals surface area contributed by atoms with Gasteiger partial charge in [0, 0.05) is 11.4 Å². The molecule has 4 heteroatoms. The summed E-state index contributed by atoms with van der Waals surface area (Å²) in [6.07, 6.45) is 1.75. The van der Waals surface area contributed by atoms with Crippen LogP contribution in [0.1, 0.15) is 19.7 Å². The molecule has 1 rings (SSSR count). The van der Waals surface area contributed by atoms with Gasteiger partial charge in [-0.15, -0.1) is 11.8 Å². The molecule has 0 aliphatic carbocycles. The molecule has 1 aromatic heterocycles. The molecule has 0 saturated heterocycles. The van der Waals surface area contributed by atoms with Crippen molar-refractivity contribution in [2.45, 2.75) is 30.7 Å². The number of thioether (sulfide) groups is 1. The van der Waals surface area contributed by atoms with Gasteiger partial charge in [-0.1, -0.05) is 13.8 Å². The first-order chi connectivity index (χ1) is 5.72. The summed E-state index contributed by atoms with van der Waals surface area (Å²) in [5.74, 6) is 0.709. The van der Waals surface area contributed by atoms with Gasteiger partial charge in [0.1, 0.15) is 5.82 Å². The third-order valence-corrected chi connectivity index (χ3v) is 2.16. The van der Waals surface area contributed by atoms with E-state index in [1.807, 2.05) is 6.07 Å². The first-order valence-corrected chi connectivity index (χ1v) is 4.79. The second-order valence-electron chi connectivity index (χ2n) is 2.68. The number of hydrogen-bond acceptors (Lipinski definition) is 4. The lowest BCUT2D eigenvalue weighted by Crippen LogP contribution is -2.03. The maximum Gasteiger partial charge on any atom is 0.143 e. The Morgan fingerprint density at radius 3 is 2.92 bits per heavy atom. The highest BCUT2D eigenvalue weighted by Gasteiger charge is 2.00. The van der Waals surface area contributed by atoms with E-state index in [4.69, 9.17) is 5.73 Å². The Bertz CT molecular complexity index is 250. The molecule has 0 saturated carbocycles. The van der Waals surface area contributed by atoms with Crippen LogP contribution < -0.4 is 5.73 Å². The fourth-order valence-corrected chi connectivity index (χ4v) is 1.57. The smallest absolute Gasteiger partial charge is 0.143 e. The largest absolute Gasteiger partial charge is 0.324 e. The average Bonchev–Trinajstić information content (AvgIpc) is 2.03. The first kappa shape index (κ1) is 9.48. The molecule has 0 aromatic carbocycles. The minimum absolute atomic E-state index is 0.409. The molecule has 0 amide bonds. The Balaban J connectivity index is 2.72. The second-order valence-corrected chi connectivity index (χ2v) is 4.28. The quantitative estimate of drug-likeness (QED) is 0.569. The number of nitrogens with zero attached hydrogens (tertiary/aromatic N) is 2. The zero-order chi connectivity index (χ0) is 8.97. The number of hydrogen-bond donors (Lipinski definition) is 1. The molecule has 0 radical (unpaired) electrons. The normalized spacial score (nSPS) is 10.7. The van der Waals surface area contributed by atoms with Crippen molar-refractivity contribution >= 4 is 11.8 Å². The number of aromatic nitrogens is 2. The fourth-order valence-electron chi connectivity index (χ4n) is 0.786. The van der Waals surface area contributed by atoms with Crippen molar-refractivity contribution in [3.05, 3.63) is 18.1 Å². The van der Waals surface area contributed by atoms with E-state index in [0.29, 0.717) is 17.6 Å². The summed E-state index contributed by atoms with van der Waals surface area (Å²) in [7, 11) is 0. The van der Waals surface area contributed by atoms with Crippen LogP contribution in [0.5, 0.6) is 0 Å². The molecular weight excluding hydrogens is 170 g/mol. The van der Waals surface area contributed by atoms with Crippen LogP contribution in [0.4, 0.5) is 0 Å². The van der Waals surface area contributed by atoms with Gasteiger partial charge in [0.25, 0.3) is 0 Å². The van der Waals surface area contributed by atoms with Crippen molar-refractivity contribution in [3.63, 3.8) is 0 Å². The van der Waals surface area contributed by atoms with Crippen molar-refractivity contribution in [2.75, 3.05) is 0 Å². The molecule has 2 N–H and O–H groups in total. The molecule has 1 heterocycles. The Hall–Kier alpha value is -0.610. The minimum atomic E-state index is 0.409. The van der Waals surface area contributed by atoms with Crippen molar-refractivity contribution in [1.82, 2.24) is 9.97 Å². The zero-order valence-electron chi connectivity index (χ0n) is 7.32. The lowest BCUT2D eigenvalue weighted by molar-refractivity contribution is 0.864. The predicted molar refractivity (Wildman–Crippen MR) is 50.9 cm³/mol. The molecule has 0 fully saturated rings. The minimum Gasteiger partial charge on any atom is -0.324 e. The van der Waals surface area contributed by atoms with E-state index in [9.17, 15) is 0 Å². The lowest BCUT2D eigenvalue weighted by atomic mass is 10.5. The Kier molecular flexibility index (Phi) is 3.49. The van der Waals surface area contributed by atoms with Gasteiger partial charge >= 0.3 is 0 Å². The van der Waals surface area contributed by atoms with E-state index in [0.717, 1.165) is 5.03 Å². The summed E-state index contributed by atoms with van der Waals surface area (Å²) < 4.78 is 0. The van der Waals surface area contributed by atoms with Crippen molar-refractivity contribution in [1.29, 1.82) is 0 Å². The first-order valence-electron chi connectivity index (χ1n) is 3.91. The Morgan fingerprint density at radius 2 is 2.33 bits per heavy atom. The highest BCUT2D eigenvalue weighted by molar-refractivity contribution is 7.99. The number of rotatable bonds is 3. The molecule has 0 aliphatic rings. The molecule has 0 unspecified atom stereocenters. The van der Waals surface area contributed by atoms with Gasteiger partial charge in [-0.05, 0) is 6.07 Å². The Morgan fingerprint density at radius 1 is 1.58 bits per heavy atom. The SMILES string of the molecule is CC(C)Sc1ccnc(CN)n1. The van der Waals surface area contributed by atoms with E-state index >= 15 is 0 Å². The molecule has 0 aliphatic heterocycles. The monoisotopic (exact) mass is 183 g/mol. The van der Waals surface area contributed by atoms with Crippen LogP contribution in [0.3, 0.4) is 0 Å². The van der Waals surface area contributed by atoms with Crippen LogP contribution in [0, 0.1) is 0 Å². The fraction of sp³-hybridized carbons (Fsp3) is 0.500. The van der Waals surface area contributed by atoms with Crippen LogP contribution in [0.2, 0.25) is 0 Å². The van der Waals surface area contributed by atoms with Gasteiger partial charge in [0.05, 0.1) is 11.6 Å². The summed E-state index contributed by atoms with van der Waals surface area (Å²) in [6, 6.07) is 1.91. The maximum absolute atomic E-state index is 5.42. The topological polar surface area (TPSA) is 51.8 Å². The standard InChI is InChI=1S/C8H13N3S/c1-6(2)12-8-3-4-10-7(5-9)11-8/h3-4,6H,5,9H2,1-2H3. The highest BCUT2D eigenvalue weighted by Crippen LogP contribution is 2.19. The molecule has 0 spiro atoms. The predicted octanol–water partition coefficient (Wildman–Crippen LogP) is 1.44. The molecule has 0 atom stereocenters. The summed E-state index contributed by atoms with van der Waals surface area (Å²) in [5.41, 5.74) is 5.42. The lowest BCUT2D eigenvalue weighted by Gasteiger charge is -2.03. The molecule has 0 bridgehead atoms. The van der Waals surface area contributed by atoms with E-state index in [-0.39, 0.29) is 0 Å².